The number of anilines is 1. The van der Waals surface area contributed by atoms with E-state index in [0.29, 0.717) is 13.2 Å². The average molecular weight is 522 g/mol. The molecule has 4 heteroatoms. The Morgan fingerprint density at radius 3 is 2.31 bits per heavy atom. The number of benzene rings is 4. The Morgan fingerprint density at radius 1 is 0.795 bits per heavy atom. The molecule has 0 aliphatic carbocycles. The van der Waals surface area contributed by atoms with Crippen molar-refractivity contribution in [3.8, 4) is 5.75 Å². The van der Waals surface area contributed by atoms with Gasteiger partial charge in [-0.3, -0.25) is 0 Å². The van der Waals surface area contributed by atoms with Crippen molar-refractivity contribution in [3.63, 3.8) is 0 Å². The summed E-state index contributed by atoms with van der Waals surface area (Å²) in [6.45, 7) is 10.3. The normalized spacial score (nSPS) is 17.7. The van der Waals surface area contributed by atoms with Gasteiger partial charge in [-0.2, -0.15) is 0 Å². The van der Waals surface area contributed by atoms with Crippen LogP contribution in [0.1, 0.15) is 53.3 Å². The third-order valence-electron chi connectivity index (χ3n) is 7.47. The lowest BCUT2D eigenvalue weighted by Gasteiger charge is -2.44. The van der Waals surface area contributed by atoms with Gasteiger partial charge in [0.15, 0.2) is 0 Å². The van der Waals surface area contributed by atoms with Crippen molar-refractivity contribution in [2.24, 2.45) is 0 Å². The van der Waals surface area contributed by atoms with E-state index in [4.69, 9.17) is 14.2 Å². The number of hydrogen-bond acceptors (Lipinski definition) is 4. The smallest absolute Gasteiger partial charge is 0.132 e. The Hall–Kier alpha value is -3.60. The lowest BCUT2D eigenvalue weighted by atomic mass is 9.87. The summed E-state index contributed by atoms with van der Waals surface area (Å²) in [4.78, 5) is 0. The Kier molecular flexibility index (Phi) is 8.35. The molecule has 2 atom stereocenters. The molecule has 0 saturated heterocycles. The Labute approximate surface area is 233 Å². The van der Waals surface area contributed by atoms with E-state index in [1.54, 1.807) is 0 Å². The molecule has 0 radical (unpaired) electrons. The molecular formula is C35H39NO3. The lowest BCUT2D eigenvalue weighted by Crippen LogP contribution is -2.51. The summed E-state index contributed by atoms with van der Waals surface area (Å²) in [6, 6.07) is 33.7. The number of ether oxygens (including phenoxy) is 3. The zero-order valence-electron chi connectivity index (χ0n) is 23.4. The highest BCUT2D eigenvalue weighted by molar-refractivity contribution is 5.54. The second-order valence-corrected chi connectivity index (χ2v) is 11.0. The van der Waals surface area contributed by atoms with Gasteiger partial charge in [0.2, 0.25) is 0 Å². The number of rotatable bonds is 10. The fourth-order valence-electron chi connectivity index (χ4n) is 5.13. The van der Waals surface area contributed by atoms with Crippen molar-refractivity contribution < 1.29 is 14.2 Å². The highest BCUT2D eigenvalue weighted by atomic mass is 16.6. The van der Waals surface area contributed by atoms with Gasteiger partial charge in [-0.1, -0.05) is 84.4 Å². The van der Waals surface area contributed by atoms with Gasteiger partial charge >= 0.3 is 0 Å². The molecule has 4 aromatic carbocycles. The SMILES string of the molecule is Cc1ccc(COC2C(OCCc3ccccc3)c3cc(NCc4ccccc4C)ccc3OC2(C)C)cc1. The van der Waals surface area contributed by atoms with Crippen LogP contribution < -0.4 is 10.1 Å². The van der Waals surface area contributed by atoms with E-state index in [1.807, 2.05) is 6.07 Å². The first kappa shape index (κ1) is 27.0. The fourth-order valence-corrected chi connectivity index (χ4v) is 5.13. The first-order valence-electron chi connectivity index (χ1n) is 13.8. The molecular weight excluding hydrogens is 482 g/mol. The largest absolute Gasteiger partial charge is 0.485 e. The summed E-state index contributed by atoms with van der Waals surface area (Å²) < 4.78 is 19.8. The predicted octanol–water partition coefficient (Wildman–Crippen LogP) is 7.97. The van der Waals surface area contributed by atoms with Crippen LogP contribution in [0.2, 0.25) is 0 Å². The maximum Gasteiger partial charge on any atom is 0.132 e. The molecule has 202 valence electrons. The predicted molar refractivity (Wildman–Crippen MR) is 158 cm³/mol. The van der Waals surface area contributed by atoms with Crippen LogP contribution in [-0.4, -0.2) is 18.3 Å². The van der Waals surface area contributed by atoms with Crippen LogP contribution in [0.5, 0.6) is 5.75 Å². The fraction of sp³-hybridized carbons (Fsp3) is 0.314. The van der Waals surface area contributed by atoms with Crippen molar-refractivity contribution in [1.29, 1.82) is 0 Å². The van der Waals surface area contributed by atoms with Crippen LogP contribution >= 0.6 is 0 Å². The first-order valence-corrected chi connectivity index (χ1v) is 13.8. The van der Waals surface area contributed by atoms with Crippen LogP contribution in [0, 0.1) is 13.8 Å². The summed E-state index contributed by atoms with van der Waals surface area (Å²) in [6.07, 6.45) is 0.288. The Bertz CT molecular complexity index is 1360. The number of aryl methyl sites for hydroxylation is 2. The molecule has 0 spiro atoms. The molecule has 2 unspecified atom stereocenters. The van der Waals surface area contributed by atoms with Crippen LogP contribution in [0.3, 0.4) is 0 Å². The van der Waals surface area contributed by atoms with Gasteiger partial charge in [0.1, 0.15) is 23.6 Å². The highest BCUT2D eigenvalue weighted by Crippen LogP contribution is 2.44. The molecule has 39 heavy (non-hydrogen) atoms. The van der Waals surface area contributed by atoms with E-state index in [0.717, 1.165) is 35.5 Å². The second kappa shape index (κ2) is 12.1. The zero-order chi connectivity index (χ0) is 27.2. The van der Waals surface area contributed by atoms with Gasteiger partial charge in [-0.25, -0.2) is 0 Å². The van der Waals surface area contributed by atoms with Crippen molar-refractivity contribution in [2.45, 2.75) is 65.1 Å². The van der Waals surface area contributed by atoms with Gasteiger partial charge in [-0.15, -0.1) is 0 Å². The van der Waals surface area contributed by atoms with Crippen LogP contribution in [0.25, 0.3) is 0 Å². The molecule has 4 aromatic rings. The first-order chi connectivity index (χ1) is 18.9. The van der Waals surface area contributed by atoms with E-state index in [-0.39, 0.29) is 12.2 Å². The lowest BCUT2D eigenvalue weighted by molar-refractivity contribution is -0.167. The molecule has 1 heterocycles. The minimum Gasteiger partial charge on any atom is -0.485 e. The Morgan fingerprint density at radius 2 is 1.54 bits per heavy atom. The maximum absolute atomic E-state index is 6.67. The Balaban J connectivity index is 1.39. The molecule has 4 nitrogen and oxygen atoms in total. The second-order valence-electron chi connectivity index (χ2n) is 11.0. The van der Waals surface area contributed by atoms with Gasteiger partial charge in [0, 0.05) is 17.8 Å². The quantitative estimate of drug-likeness (QED) is 0.230. The minimum atomic E-state index is -0.564. The molecule has 1 aliphatic heterocycles. The zero-order valence-corrected chi connectivity index (χ0v) is 23.4. The molecule has 0 amide bonds. The van der Waals surface area contributed by atoms with Gasteiger partial charge in [0.05, 0.1) is 13.2 Å². The van der Waals surface area contributed by atoms with Crippen LogP contribution in [-0.2, 0) is 29.0 Å². The molecule has 5 rings (SSSR count). The number of hydrogen-bond donors (Lipinski definition) is 1. The summed E-state index contributed by atoms with van der Waals surface area (Å²) in [7, 11) is 0. The van der Waals surface area contributed by atoms with Crippen LogP contribution in [0.15, 0.2) is 97.1 Å². The number of nitrogens with one attached hydrogen (secondary N) is 1. The minimum absolute atomic E-state index is 0.266. The molecule has 0 aromatic heterocycles. The van der Waals surface area contributed by atoms with E-state index in [2.05, 4.69) is 124 Å². The van der Waals surface area contributed by atoms with Gasteiger partial charge < -0.3 is 19.5 Å². The molecule has 0 fully saturated rings. The standard InChI is InChI=1S/C35H39NO3/c1-25-14-16-28(17-15-25)24-38-34-33(37-21-20-27-11-6-5-7-12-27)31-22-30(18-19-32(31)39-35(34,3)4)36-23-29-13-9-8-10-26(29)2/h5-19,22,33-34,36H,20-21,23-24H2,1-4H3. The molecule has 0 bridgehead atoms. The summed E-state index contributed by atoms with van der Waals surface area (Å²) >= 11 is 0. The maximum atomic E-state index is 6.67. The topological polar surface area (TPSA) is 39.7 Å². The van der Waals surface area contributed by atoms with Gasteiger partial charge in [0.25, 0.3) is 0 Å². The molecule has 0 saturated carbocycles. The van der Waals surface area contributed by atoms with E-state index in [9.17, 15) is 0 Å². The third kappa shape index (κ3) is 6.70. The third-order valence-corrected chi connectivity index (χ3v) is 7.47. The van der Waals surface area contributed by atoms with Crippen molar-refractivity contribution in [2.75, 3.05) is 11.9 Å². The highest BCUT2D eigenvalue weighted by Gasteiger charge is 2.45. The summed E-state index contributed by atoms with van der Waals surface area (Å²) in [5.74, 6) is 0.848. The van der Waals surface area contributed by atoms with Gasteiger partial charge in [-0.05, 0) is 74.6 Å². The molecule has 1 aliphatic rings. The number of fused-ring (bicyclic) bond motifs is 1. The summed E-state index contributed by atoms with van der Waals surface area (Å²) in [5, 5.41) is 3.60. The van der Waals surface area contributed by atoms with Crippen molar-refractivity contribution >= 4 is 5.69 Å². The average Bonchev–Trinajstić information content (AvgIpc) is 2.93. The summed E-state index contributed by atoms with van der Waals surface area (Å²) in [5.41, 5.74) is 7.68. The van der Waals surface area contributed by atoms with E-state index in [1.165, 1.54) is 22.3 Å². The van der Waals surface area contributed by atoms with Crippen molar-refractivity contribution in [1.82, 2.24) is 0 Å². The van der Waals surface area contributed by atoms with Crippen LogP contribution in [0.4, 0.5) is 5.69 Å². The monoisotopic (exact) mass is 521 g/mol. The van der Waals surface area contributed by atoms with E-state index < -0.39 is 5.60 Å². The molecule has 1 N–H and O–H groups in total. The van der Waals surface area contributed by atoms with Crippen molar-refractivity contribution in [3.05, 3.63) is 130 Å². The van der Waals surface area contributed by atoms with E-state index >= 15 is 0 Å².